The SMILES string of the molecule is Cc1nc2cccc(O)c2c(=O)n1C1CCC(=O)NC1=O. The van der Waals surface area contributed by atoms with Crippen LogP contribution in [0.1, 0.15) is 24.7 Å². The van der Waals surface area contributed by atoms with Crippen molar-refractivity contribution in [3.63, 3.8) is 0 Å². The summed E-state index contributed by atoms with van der Waals surface area (Å²) < 4.78 is 1.24. The van der Waals surface area contributed by atoms with Gasteiger partial charge < -0.3 is 5.11 Å². The number of nitrogens with one attached hydrogen (secondary N) is 1. The molecule has 2 aromatic rings. The van der Waals surface area contributed by atoms with Gasteiger partial charge in [-0.3, -0.25) is 24.3 Å². The van der Waals surface area contributed by atoms with Crippen molar-refractivity contribution < 1.29 is 14.7 Å². The number of hydrogen-bond acceptors (Lipinski definition) is 5. The summed E-state index contributed by atoms with van der Waals surface area (Å²) in [7, 11) is 0. The number of carbonyl (C=O) groups is 2. The van der Waals surface area contributed by atoms with Crippen LogP contribution in [0.25, 0.3) is 10.9 Å². The van der Waals surface area contributed by atoms with Crippen LogP contribution in [0.15, 0.2) is 23.0 Å². The number of aryl methyl sites for hydroxylation is 1. The Morgan fingerprint density at radius 1 is 1.33 bits per heavy atom. The average Bonchev–Trinajstić information content (AvgIpc) is 2.40. The van der Waals surface area contributed by atoms with E-state index in [9.17, 15) is 19.5 Å². The molecule has 1 unspecified atom stereocenters. The fraction of sp³-hybridized carbons (Fsp3) is 0.286. The second kappa shape index (κ2) is 4.69. The van der Waals surface area contributed by atoms with Crippen molar-refractivity contribution in [1.29, 1.82) is 0 Å². The van der Waals surface area contributed by atoms with Gasteiger partial charge in [-0.1, -0.05) is 6.07 Å². The number of rotatable bonds is 1. The molecule has 1 fully saturated rings. The van der Waals surface area contributed by atoms with Crippen LogP contribution in [0.5, 0.6) is 5.75 Å². The number of amides is 2. The molecule has 1 saturated heterocycles. The number of fused-ring (bicyclic) bond motifs is 1. The summed E-state index contributed by atoms with van der Waals surface area (Å²) in [6.07, 6.45) is 0.410. The van der Waals surface area contributed by atoms with Crippen LogP contribution in [0, 0.1) is 6.92 Å². The summed E-state index contributed by atoms with van der Waals surface area (Å²) in [5.41, 5.74) is -0.105. The summed E-state index contributed by atoms with van der Waals surface area (Å²) in [5.74, 6) is -0.676. The standard InChI is InChI=1S/C14H13N3O4/c1-7-15-8-3-2-4-10(18)12(8)14(21)17(7)9-5-6-11(19)16-13(9)20/h2-4,9,18H,5-6H2,1H3,(H,16,19,20). The summed E-state index contributed by atoms with van der Waals surface area (Å²) in [6.45, 7) is 1.62. The van der Waals surface area contributed by atoms with Crippen LogP contribution in [0.3, 0.4) is 0 Å². The Labute approximate surface area is 119 Å². The lowest BCUT2D eigenvalue weighted by molar-refractivity contribution is -0.135. The maximum atomic E-state index is 12.6. The molecule has 2 amide bonds. The smallest absolute Gasteiger partial charge is 0.265 e. The zero-order chi connectivity index (χ0) is 15.1. The number of phenolic OH excluding ortho intramolecular Hbond substituents is 1. The molecule has 0 aliphatic carbocycles. The van der Waals surface area contributed by atoms with E-state index in [1.807, 2.05) is 0 Å². The van der Waals surface area contributed by atoms with Crippen molar-refractivity contribution in [2.24, 2.45) is 0 Å². The van der Waals surface area contributed by atoms with Crippen molar-refractivity contribution >= 4 is 22.7 Å². The topological polar surface area (TPSA) is 101 Å². The highest BCUT2D eigenvalue weighted by molar-refractivity contribution is 5.99. The van der Waals surface area contributed by atoms with E-state index in [1.54, 1.807) is 19.1 Å². The summed E-state index contributed by atoms with van der Waals surface area (Å²) in [6, 6.07) is 3.83. The van der Waals surface area contributed by atoms with Crippen LogP contribution in [-0.2, 0) is 9.59 Å². The molecule has 0 saturated carbocycles. The van der Waals surface area contributed by atoms with E-state index in [1.165, 1.54) is 10.6 Å². The van der Waals surface area contributed by atoms with E-state index in [-0.39, 0.29) is 29.9 Å². The van der Waals surface area contributed by atoms with E-state index in [4.69, 9.17) is 0 Å². The third-order valence-electron chi connectivity index (χ3n) is 3.61. The molecule has 108 valence electrons. The van der Waals surface area contributed by atoms with Crippen molar-refractivity contribution in [2.75, 3.05) is 0 Å². The quantitative estimate of drug-likeness (QED) is 0.739. The molecule has 21 heavy (non-hydrogen) atoms. The number of hydrogen-bond donors (Lipinski definition) is 2. The minimum absolute atomic E-state index is 0.0767. The van der Waals surface area contributed by atoms with Gasteiger partial charge in [0.05, 0.1) is 5.52 Å². The minimum Gasteiger partial charge on any atom is -0.507 e. The Morgan fingerprint density at radius 2 is 2.10 bits per heavy atom. The molecule has 1 aromatic heterocycles. The normalized spacial score (nSPS) is 18.8. The van der Waals surface area contributed by atoms with Gasteiger partial charge in [-0.05, 0) is 25.5 Å². The van der Waals surface area contributed by atoms with Gasteiger partial charge >= 0.3 is 0 Å². The Balaban J connectivity index is 2.24. The average molecular weight is 287 g/mol. The maximum Gasteiger partial charge on any atom is 0.265 e. The number of benzene rings is 1. The van der Waals surface area contributed by atoms with Crippen molar-refractivity contribution in [3.8, 4) is 5.75 Å². The van der Waals surface area contributed by atoms with Gasteiger partial charge in [-0.2, -0.15) is 0 Å². The number of phenols is 1. The van der Waals surface area contributed by atoms with E-state index in [2.05, 4.69) is 10.3 Å². The van der Waals surface area contributed by atoms with Crippen LogP contribution < -0.4 is 10.9 Å². The van der Waals surface area contributed by atoms with Gasteiger partial charge in [-0.25, -0.2) is 4.98 Å². The fourth-order valence-corrected chi connectivity index (χ4v) is 2.63. The van der Waals surface area contributed by atoms with Gasteiger partial charge in [0.2, 0.25) is 11.8 Å². The van der Waals surface area contributed by atoms with Gasteiger partial charge in [0.1, 0.15) is 23.0 Å². The molecule has 2 N–H and O–H groups in total. The van der Waals surface area contributed by atoms with Crippen molar-refractivity contribution in [1.82, 2.24) is 14.9 Å². The minimum atomic E-state index is -0.785. The number of piperidine rings is 1. The lowest BCUT2D eigenvalue weighted by Crippen LogP contribution is -2.45. The first-order valence-corrected chi connectivity index (χ1v) is 6.53. The number of carbonyl (C=O) groups excluding carboxylic acids is 2. The number of aromatic nitrogens is 2. The van der Waals surface area contributed by atoms with Crippen molar-refractivity contribution in [2.45, 2.75) is 25.8 Å². The van der Waals surface area contributed by atoms with Crippen LogP contribution in [-0.4, -0.2) is 26.5 Å². The molecular formula is C14H13N3O4. The van der Waals surface area contributed by atoms with Gasteiger partial charge in [0, 0.05) is 6.42 Å². The monoisotopic (exact) mass is 287 g/mol. The van der Waals surface area contributed by atoms with Gasteiger partial charge in [-0.15, -0.1) is 0 Å². The number of nitrogens with zero attached hydrogens (tertiary/aromatic N) is 2. The molecule has 1 aliphatic heterocycles. The first kappa shape index (κ1) is 13.3. The second-order valence-corrected chi connectivity index (χ2v) is 4.97. The van der Waals surface area contributed by atoms with Crippen molar-refractivity contribution in [3.05, 3.63) is 34.4 Å². The highest BCUT2D eigenvalue weighted by Gasteiger charge is 2.30. The molecule has 0 spiro atoms. The molecule has 7 heteroatoms. The summed E-state index contributed by atoms with van der Waals surface area (Å²) in [5, 5.41) is 12.2. The molecule has 2 heterocycles. The summed E-state index contributed by atoms with van der Waals surface area (Å²) in [4.78, 5) is 40.0. The van der Waals surface area contributed by atoms with Gasteiger partial charge in [0.25, 0.3) is 5.56 Å². The third-order valence-corrected chi connectivity index (χ3v) is 3.61. The predicted octanol–water partition coefficient (Wildman–Crippen LogP) is 0.388. The molecule has 7 nitrogen and oxygen atoms in total. The Kier molecular flexibility index (Phi) is 2.97. The van der Waals surface area contributed by atoms with E-state index < -0.39 is 17.5 Å². The molecule has 3 rings (SSSR count). The molecule has 1 aromatic carbocycles. The third kappa shape index (κ3) is 2.06. The molecule has 0 bridgehead atoms. The number of aromatic hydroxyl groups is 1. The predicted molar refractivity (Wildman–Crippen MR) is 73.8 cm³/mol. The van der Waals surface area contributed by atoms with Crippen LogP contribution in [0.4, 0.5) is 0 Å². The maximum absolute atomic E-state index is 12.6. The zero-order valence-corrected chi connectivity index (χ0v) is 11.3. The lowest BCUT2D eigenvalue weighted by Gasteiger charge is -2.24. The fourth-order valence-electron chi connectivity index (χ4n) is 2.63. The van der Waals surface area contributed by atoms with E-state index in [0.717, 1.165) is 0 Å². The molecular weight excluding hydrogens is 274 g/mol. The first-order valence-electron chi connectivity index (χ1n) is 6.53. The molecule has 0 radical (unpaired) electrons. The second-order valence-electron chi connectivity index (χ2n) is 4.97. The molecule has 1 aliphatic rings. The highest BCUT2D eigenvalue weighted by atomic mass is 16.3. The Bertz CT molecular complexity index is 825. The number of imide groups is 1. The van der Waals surface area contributed by atoms with Crippen LogP contribution in [0.2, 0.25) is 0 Å². The lowest BCUT2D eigenvalue weighted by atomic mass is 10.1. The Hall–Kier alpha value is -2.70. The highest BCUT2D eigenvalue weighted by Crippen LogP contribution is 2.23. The summed E-state index contributed by atoms with van der Waals surface area (Å²) >= 11 is 0. The molecule has 1 atom stereocenters. The first-order chi connectivity index (χ1) is 9.99. The Morgan fingerprint density at radius 3 is 2.81 bits per heavy atom. The largest absolute Gasteiger partial charge is 0.507 e. The van der Waals surface area contributed by atoms with E-state index in [0.29, 0.717) is 11.3 Å². The van der Waals surface area contributed by atoms with Crippen LogP contribution >= 0.6 is 0 Å². The van der Waals surface area contributed by atoms with Gasteiger partial charge in [0.15, 0.2) is 0 Å². The van der Waals surface area contributed by atoms with E-state index >= 15 is 0 Å². The zero-order valence-electron chi connectivity index (χ0n) is 11.3.